The highest BCUT2D eigenvalue weighted by Crippen LogP contribution is 2.23. The van der Waals surface area contributed by atoms with Crippen molar-refractivity contribution < 1.29 is 13.6 Å². The first-order chi connectivity index (χ1) is 12.1. The molecule has 3 aromatic rings. The number of hydrogen-bond donors (Lipinski definition) is 2. The Hall–Kier alpha value is -3.22. The Kier molecular flexibility index (Phi) is 5.03. The van der Waals surface area contributed by atoms with Gasteiger partial charge in [-0.05, 0) is 24.3 Å². The average molecular weight is 342 g/mol. The number of hydrogen-bond acceptors (Lipinski definition) is 3. The summed E-state index contributed by atoms with van der Waals surface area (Å²) in [5.41, 5.74) is 1.72. The molecule has 0 aliphatic carbocycles. The smallest absolute Gasteiger partial charge is 0.319 e. The van der Waals surface area contributed by atoms with E-state index in [1.54, 1.807) is 48.5 Å². The van der Waals surface area contributed by atoms with Gasteiger partial charge in [0.05, 0.1) is 17.9 Å². The number of imidazole rings is 1. The lowest BCUT2D eigenvalue weighted by atomic mass is 10.2. The van der Waals surface area contributed by atoms with Crippen LogP contribution in [0.5, 0.6) is 0 Å². The molecule has 0 unspecified atom stereocenters. The van der Waals surface area contributed by atoms with E-state index in [2.05, 4.69) is 15.6 Å². The summed E-state index contributed by atoms with van der Waals surface area (Å²) in [5.74, 6) is -0.0388. The van der Waals surface area contributed by atoms with E-state index in [1.807, 2.05) is 6.07 Å². The monoisotopic (exact) mass is 342 g/mol. The van der Waals surface area contributed by atoms with Crippen molar-refractivity contribution in [2.75, 3.05) is 10.6 Å². The van der Waals surface area contributed by atoms with Crippen molar-refractivity contribution in [3.63, 3.8) is 0 Å². The number of para-hydroxylation sites is 2. The minimum atomic E-state index is -2.65. The summed E-state index contributed by atoms with van der Waals surface area (Å²) in [6, 6.07) is 15.9. The highest BCUT2D eigenvalue weighted by atomic mass is 19.3. The molecule has 3 rings (SSSR count). The lowest BCUT2D eigenvalue weighted by Crippen LogP contribution is -2.14. The summed E-state index contributed by atoms with van der Waals surface area (Å²) in [6.45, 7) is -2.54. The number of aromatic nitrogens is 2. The Balaban J connectivity index is 1.73. The topological polar surface area (TPSA) is 59.0 Å². The van der Waals surface area contributed by atoms with E-state index in [0.717, 1.165) is 4.57 Å². The number of alkyl halides is 2. The zero-order chi connectivity index (χ0) is 17.6. The number of anilines is 2. The Bertz CT molecular complexity index is 849. The molecule has 0 fully saturated rings. The third-order valence-corrected chi connectivity index (χ3v) is 3.61. The zero-order valence-electron chi connectivity index (χ0n) is 13.2. The van der Waals surface area contributed by atoms with Crippen LogP contribution in [-0.2, 0) is 6.54 Å². The number of carbonyl (C=O) groups excluding carboxylic acids is 1. The van der Waals surface area contributed by atoms with Crippen molar-refractivity contribution in [2.45, 2.75) is 13.1 Å². The summed E-state index contributed by atoms with van der Waals surface area (Å²) < 4.78 is 26.5. The second-order valence-electron chi connectivity index (χ2n) is 5.25. The van der Waals surface area contributed by atoms with Crippen LogP contribution in [0.2, 0.25) is 0 Å². The van der Waals surface area contributed by atoms with E-state index in [1.165, 1.54) is 12.4 Å². The van der Waals surface area contributed by atoms with E-state index >= 15 is 0 Å². The third kappa shape index (κ3) is 4.00. The lowest BCUT2D eigenvalue weighted by Gasteiger charge is -2.13. The predicted molar refractivity (Wildman–Crippen MR) is 91.6 cm³/mol. The molecule has 1 amide bonds. The quantitative estimate of drug-likeness (QED) is 0.708. The molecule has 0 aliphatic rings. The summed E-state index contributed by atoms with van der Waals surface area (Å²) in [7, 11) is 0. The highest BCUT2D eigenvalue weighted by molar-refractivity contribution is 6.05. The van der Waals surface area contributed by atoms with Gasteiger partial charge >= 0.3 is 6.55 Å². The van der Waals surface area contributed by atoms with E-state index in [9.17, 15) is 13.6 Å². The van der Waals surface area contributed by atoms with Crippen molar-refractivity contribution in [1.29, 1.82) is 0 Å². The third-order valence-electron chi connectivity index (χ3n) is 3.61. The SMILES string of the molecule is O=C(Nc1ccccc1NCc1nccn1C(F)F)c1ccccc1. The number of carbonyl (C=O) groups is 1. The second kappa shape index (κ2) is 7.57. The Labute approximate surface area is 143 Å². The molecular weight excluding hydrogens is 326 g/mol. The van der Waals surface area contributed by atoms with Crippen LogP contribution in [0.15, 0.2) is 67.0 Å². The van der Waals surface area contributed by atoms with Gasteiger partial charge in [0.25, 0.3) is 5.91 Å². The molecule has 25 heavy (non-hydrogen) atoms. The van der Waals surface area contributed by atoms with Crippen LogP contribution in [0.4, 0.5) is 20.2 Å². The van der Waals surface area contributed by atoms with Crippen LogP contribution in [0.25, 0.3) is 0 Å². The molecule has 0 spiro atoms. The number of halogens is 2. The van der Waals surface area contributed by atoms with Gasteiger partial charge in [0, 0.05) is 18.0 Å². The second-order valence-corrected chi connectivity index (χ2v) is 5.25. The number of amides is 1. The number of rotatable bonds is 6. The maximum atomic E-state index is 12.9. The van der Waals surface area contributed by atoms with Crippen molar-refractivity contribution in [3.8, 4) is 0 Å². The molecule has 7 heteroatoms. The van der Waals surface area contributed by atoms with Crippen molar-refractivity contribution in [3.05, 3.63) is 78.4 Å². The van der Waals surface area contributed by atoms with Crippen molar-refractivity contribution in [2.24, 2.45) is 0 Å². The molecule has 1 heterocycles. The van der Waals surface area contributed by atoms with Crippen LogP contribution >= 0.6 is 0 Å². The molecule has 0 bridgehead atoms. The van der Waals surface area contributed by atoms with E-state index in [-0.39, 0.29) is 18.3 Å². The number of benzene rings is 2. The van der Waals surface area contributed by atoms with Gasteiger partial charge in [-0.2, -0.15) is 8.78 Å². The summed E-state index contributed by atoms with van der Waals surface area (Å²) >= 11 is 0. The van der Waals surface area contributed by atoms with Crippen molar-refractivity contribution in [1.82, 2.24) is 9.55 Å². The predicted octanol–water partition coefficient (Wildman–Crippen LogP) is 4.14. The maximum absolute atomic E-state index is 12.9. The molecule has 128 valence electrons. The van der Waals surface area contributed by atoms with Crippen LogP contribution in [0.3, 0.4) is 0 Å². The Morgan fingerprint density at radius 3 is 2.44 bits per heavy atom. The van der Waals surface area contributed by atoms with Gasteiger partial charge in [-0.1, -0.05) is 30.3 Å². The van der Waals surface area contributed by atoms with Crippen LogP contribution in [0.1, 0.15) is 22.7 Å². The van der Waals surface area contributed by atoms with Gasteiger partial charge in [0.2, 0.25) is 0 Å². The molecule has 0 saturated heterocycles. The fourth-order valence-corrected chi connectivity index (χ4v) is 2.36. The Morgan fingerprint density at radius 2 is 1.72 bits per heavy atom. The normalized spacial score (nSPS) is 10.7. The minimum absolute atomic E-state index is 0.107. The number of nitrogens with zero attached hydrogens (tertiary/aromatic N) is 2. The Morgan fingerprint density at radius 1 is 1.04 bits per heavy atom. The first-order valence-corrected chi connectivity index (χ1v) is 7.64. The van der Waals surface area contributed by atoms with E-state index < -0.39 is 6.55 Å². The molecule has 0 saturated carbocycles. The lowest BCUT2D eigenvalue weighted by molar-refractivity contribution is 0.0672. The first kappa shape index (κ1) is 16.6. The molecular formula is C18H16F2N4O. The van der Waals surface area contributed by atoms with E-state index in [4.69, 9.17) is 0 Å². The minimum Gasteiger partial charge on any atom is -0.376 e. The summed E-state index contributed by atoms with van der Waals surface area (Å²) in [5, 5.41) is 5.85. The fraction of sp³-hybridized carbons (Fsp3) is 0.111. The van der Waals surface area contributed by atoms with Gasteiger partial charge in [0.15, 0.2) is 0 Å². The molecule has 2 aromatic carbocycles. The zero-order valence-corrected chi connectivity index (χ0v) is 13.2. The molecule has 2 N–H and O–H groups in total. The van der Waals surface area contributed by atoms with Crippen LogP contribution in [0, 0.1) is 0 Å². The standard InChI is InChI=1S/C18H16F2N4O/c19-18(20)24-11-10-21-16(24)12-22-14-8-4-5-9-15(14)23-17(25)13-6-2-1-3-7-13/h1-11,18,22H,12H2,(H,23,25). The largest absolute Gasteiger partial charge is 0.376 e. The summed E-state index contributed by atoms with van der Waals surface area (Å²) in [6.07, 6.45) is 2.55. The maximum Gasteiger partial charge on any atom is 0.319 e. The van der Waals surface area contributed by atoms with Crippen molar-refractivity contribution >= 4 is 17.3 Å². The first-order valence-electron chi connectivity index (χ1n) is 7.64. The fourth-order valence-electron chi connectivity index (χ4n) is 2.36. The van der Waals surface area contributed by atoms with Gasteiger partial charge in [-0.15, -0.1) is 0 Å². The molecule has 0 aliphatic heterocycles. The average Bonchev–Trinajstić information content (AvgIpc) is 3.10. The number of nitrogens with one attached hydrogen (secondary N) is 2. The van der Waals surface area contributed by atoms with Crippen LogP contribution in [-0.4, -0.2) is 15.5 Å². The van der Waals surface area contributed by atoms with Gasteiger partial charge in [-0.25, -0.2) is 4.98 Å². The van der Waals surface area contributed by atoms with Gasteiger partial charge < -0.3 is 10.6 Å². The molecule has 1 aromatic heterocycles. The van der Waals surface area contributed by atoms with Gasteiger partial charge in [-0.3, -0.25) is 9.36 Å². The molecule has 0 atom stereocenters. The van der Waals surface area contributed by atoms with Crippen LogP contribution < -0.4 is 10.6 Å². The molecule has 0 radical (unpaired) electrons. The van der Waals surface area contributed by atoms with Gasteiger partial charge in [0.1, 0.15) is 5.82 Å². The van der Waals surface area contributed by atoms with E-state index in [0.29, 0.717) is 16.9 Å². The highest BCUT2D eigenvalue weighted by Gasteiger charge is 2.12. The summed E-state index contributed by atoms with van der Waals surface area (Å²) in [4.78, 5) is 16.2. The molecule has 5 nitrogen and oxygen atoms in total.